The third kappa shape index (κ3) is 2.93. The first-order valence-corrected chi connectivity index (χ1v) is 7.58. The van der Waals surface area contributed by atoms with E-state index < -0.39 is 0 Å². The Hall–Kier alpha value is -1.88. The SMILES string of the molecule is COc1cc(NCc2cc(Br)cc3c2OCC3)ccc1N. The van der Waals surface area contributed by atoms with Gasteiger partial charge in [-0.25, -0.2) is 0 Å². The molecule has 4 nitrogen and oxygen atoms in total. The number of hydrogen-bond donors (Lipinski definition) is 2. The maximum atomic E-state index is 5.82. The fraction of sp³-hybridized carbons (Fsp3) is 0.250. The smallest absolute Gasteiger partial charge is 0.143 e. The van der Waals surface area contributed by atoms with Crippen LogP contribution in [-0.4, -0.2) is 13.7 Å². The van der Waals surface area contributed by atoms with E-state index in [2.05, 4.69) is 33.4 Å². The zero-order valence-electron chi connectivity index (χ0n) is 11.8. The lowest BCUT2D eigenvalue weighted by molar-refractivity contribution is 0.354. The minimum atomic E-state index is 0.634. The van der Waals surface area contributed by atoms with Gasteiger partial charge in [-0.05, 0) is 29.8 Å². The van der Waals surface area contributed by atoms with Crippen LogP contribution in [0, 0.1) is 0 Å². The maximum Gasteiger partial charge on any atom is 0.143 e. The molecule has 0 saturated heterocycles. The number of methoxy groups -OCH3 is 1. The van der Waals surface area contributed by atoms with E-state index in [9.17, 15) is 0 Å². The van der Waals surface area contributed by atoms with Gasteiger partial charge in [-0.2, -0.15) is 0 Å². The molecule has 0 atom stereocenters. The van der Waals surface area contributed by atoms with Gasteiger partial charge in [0.25, 0.3) is 0 Å². The van der Waals surface area contributed by atoms with E-state index in [-0.39, 0.29) is 0 Å². The topological polar surface area (TPSA) is 56.5 Å². The number of halogens is 1. The molecule has 0 fully saturated rings. The summed E-state index contributed by atoms with van der Waals surface area (Å²) in [4.78, 5) is 0. The first-order chi connectivity index (χ1) is 10.2. The number of benzene rings is 2. The molecular weight excluding hydrogens is 332 g/mol. The highest BCUT2D eigenvalue weighted by atomic mass is 79.9. The number of ether oxygens (including phenoxy) is 2. The Morgan fingerprint density at radius 3 is 3.00 bits per heavy atom. The average molecular weight is 349 g/mol. The van der Waals surface area contributed by atoms with Crippen LogP contribution in [0.25, 0.3) is 0 Å². The lowest BCUT2D eigenvalue weighted by Crippen LogP contribution is -2.02. The molecule has 110 valence electrons. The third-order valence-corrected chi connectivity index (χ3v) is 4.00. The van der Waals surface area contributed by atoms with Gasteiger partial charge in [-0.15, -0.1) is 0 Å². The number of nitrogens with two attached hydrogens (primary N) is 1. The Bertz CT molecular complexity index is 674. The molecular formula is C16H17BrN2O2. The molecule has 0 radical (unpaired) electrons. The summed E-state index contributed by atoms with van der Waals surface area (Å²) in [5, 5.41) is 3.38. The van der Waals surface area contributed by atoms with E-state index in [0.717, 1.165) is 34.5 Å². The maximum absolute atomic E-state index is 5.82. The third-order valence-electron chi connectivity index (χ3n) is 3.54. The molecule has 0 amide bonds. The number of rotatable bonds is 4. The van der Waals surface area contributed by atoms with Crippen molar-refractivity contribution < 1.29 is 9.47 Å². The first kappa shape index (κ1) is 14.1. The van der Waals surface area contributed by atoms with Crippen molar-refractivity contribution in [1.29, 1.82) is 0 Å². The van der Waals surface area contributed by atoms with Gasteiger partial charge in [-0.1, -0.05) is 15.9 Å². The quantitative estimate of drug-likeness (QED) is 0.829. The molecule has 2 aromatic carbocycles. The number of anilines is 2. The van der Waals surface area contributed by atoms with E-state index >= 15 is 0 Å². The molecule has 0 saturated carbocycles. The van der Waals surface area contributed by atoms with Crippen LogP contribution in [0.2, 0.25) is 0 Å². The van der Waals surface area contributed by atoms with Gasteiger partial charge < -0.3 is 20.5 Å². The summed E-state index contributed by atoms with van der Waals surface area (Å²) in [6.07, 6.45) is 0.970. The van der Waals surface area contributed by atoms with Crippen LogP contribution in [0.15, 0.2) is 34.8 Å². The van der Waals surface area contributed by atoms with Crippen molar-refractivity contribution in [2.24, 2.45) is 0 Å². The minimum Gasteiger partial charge on any atom is -0.495 e. The lowest BCUT2D eigenvalue weighted by Gasteiger charge is -2.12. The Morgan fingerprint density at radius 1 is 1.33 bits per heavy atom. The van der Waals surface area contributed by atoms with E-state index in [1.807, 2.05) is 18.2 Å². The highest BCUT2D eigenvalue weighted by Gasteiger charge is 2.17. The summed E-state index contributed by atoms with van der Waals surface area (Å²) < 4.78 is 12.0. The van der Waals surface area contributed by atoms with Crippen molar-refractivity contribution in [2.45, 2.75) is 13.0 Å². The highest BCUT2D eigenvalue weighted by Crippen LogP contribution is 2.33. The second-order valence-corrected chi connectivity index (χ2v) is 5.88. The van der Waals surface area contributed by atoms with Crippen LogP contribution in [0.1, 0.15) is 11.1 Å². The molecule has 3 N–H and O–H groups in total. The zero-order valence-corrected chi connectivity index (χ0v) is 13.4. The largest absolute Gasteiger partial charge is 0.495 e. The standard InChI is InChI=1S/C16H17BrN2O2/c1-20-15-8-13(2-3-14(15)18)19-9-11-7-12(17)6-10-4-5-21-16(10)11/h2-3,6-8,19H,4-5,9,18H2,1H3. The van der Waals surface area contributed by atoms with Gasteiger partial charge in [0.2, 0.25) is 0 Å². The van der Waals surface area contributed by atoms with Gasteiger partial charge in [0.1, 0.15) is 11.5 Å². The molecule has 5 heteroatoms. The summed E-state index contributed by atoms with van der Waals surface area (Å²) in [7, 11) is 1.62. The number of nitrogens with one attached hydrogen (secondary N) is 1. The Balaban J connectivity index is 1.79. The summed E-state index contributed by atoms with van der Waals surface area (Å²) in [6, 6.07) is 9.89. The Kier molecular flexibility index (Phi) is 3.92. The van der Waals surface area contributed by atoms with Gasteiger partial charge in [-0.3, -0.25) is 0 Å². The van der Waals surface area contributed by atoms with Crippen molar-refractivity contribution >= 4 is 27.3 Å². The average Bonchev–Trinajstić information content (AvgIpc) is 2.94. The summed E-state index contributed by atoms with van der Waals surface area (Å²) in [5.41, 5.74) is 9.83. The summed E-state index contributed by atoms with van der Waals surface area (Å²) >= 11 is 3.55. The van der Waals surface area contributed by atoms with Crippen molar-refractivity contribution in [3.63, 3.8) is 0 Å². The van der Waals surface area contributed by atoms with Gasteiger partial charge in [0.05, 0.1) is 19.4 Å². The van der Waals surface area contributed by atoms with Crippen molar-refractivity contribution in [1.82, 2.24) is 0 Å². The molecule has 0 spiro atoms. The molecule has 0 unspecified atom stereocenters. The Morgan fingerprint density at radius 2 is 2.19 bits per heavy atom. The first-order valence-electron chi connectivity index (χ1n) is 6.79. The number of nitrogen functional groups attached to an aromatic ring is 1. The molecule has 0 aliphatic carbocycles. The predicted octanol–water partition coefficient (Wildman–Crippen LogP) is 3.59. The molecule has 1 heterocycles. The van der Waals surface area contributed by atoms with Gasteiger partial charge in [0.15, 0.2) is 0 Å². The van der Waals surface area contributed by atoms with E-state index in [1.165, 1.54) is 5.56 Å². The van der Waals surface area contributed by atoms with Gasteiger partial charge in [0, 0.05) is 34.8 Å². The summed E-state index contributed by atoms with van der Waals surface area (Å²) in [6.45, 7) is 1.45. The molecule has 21 heavy (non-hydrogen) atoms. The number of hydrogen-bond acceptors (Lipinski definition) is 4. The minimum absolute atomic E-state index is 0.634. The molecule has 0 bridgehead atoms. The fourth-order valence-corrected chi connectivity index (χ4v) is 3.05. The molecule has 1 aliphatic heterocycles. The number of fused-ring (bicyclic) bond motifs is 1. The monoisotopic (exact) mass is 348 g/mol. The van der Waals surface area contributed by atoms with Crippen LogP contribution >= 0.6 is 15.9 Å². The van der Waals surface area contributed by atoms with E-state index in [4.69, 9.17) is 15.2 Å². The molecule has 0 aromatic heterocycles. The van der Waals surface area contributed by atoms with Crippen LogP contribution in [0.4, 0.5) is 11.4 Å². The second kappa shape index (κ2) is 5.85. The zero-order chi connectivity index (χ0) is 14.8. The van der Waals surface area contributed by atoms with Gasteiger partial charge >= 0.3 is 0 Å². The van der Waals surface area contributed by atoms with E-state index in [1.54, 1.807) is 7.11 Å². The highest BCUT2D eigenvalue weighted by molar-refractivity contribution is 9.10. The molecule has 2 aromatic rings. The molecule has 1 aliphatic rings. The van der Waals surface area contributed by atoms with Crippen LogP contribution in [0.3, 0.4) is 0 Å². The second-order valence-electron chi connectivity index (χ2n) is 4.96. The normalized spacial score (nSPS) is 12.7. The summed E-state index contributed by atoms with van der Waals surface area (Å²) in [5.74, 6) is 1.68. The lowest BCUT2D eigenvalue weighted by atomic mass is 10.1. The van der Waals surface area contributed by atoms with E-state index in [0.29, 0.717) is 18.0 Å². The van der Waals surface area contributed by atoms with Crippen LogP contribution in [0.5, 0.6) is 11.5 Å². The predicted molar refractivity (Wildman–Crippen MR) is 88.1 cm³/mol. The van der Waals surface area contributed by atoms with Crippen LogP contribution in [-0.2, 0) is 13.0 Å². The van der Waals surface area contributed by atoms with Crippen molar-refractivity contribution in [2.75, 3.05) is 24.8 Å². The molecule has 3 rings (SSSR count). The van der Waals surface area contributed by atoms with Crippen LogP contribution < -0.4 is 20.5 Å². The fourth-order valence-electron chi connectivity index (χ4n) is 2.50. The van der Waals surface area contributed by atoms with Crippen molar-refractivity contribution in [3.05, 3.63) is 45.9 Å². The Labute approximate surface area is 132 Å². The van der Waals surface area contributed by atoms with Crippen molar-refractivity contribution in [3.8, 4) is 11.5 Å².